The van der Waals surface area contributed by atoms with Crippen molar-refractivity contribution in [2.45, 2.75) is 57.8 Å². The number of nitrogens with zero attached hydrogens (tertiary/aromatic N) is 1. The van der Waals surface area contributed by atoms with Gasteiger partial charge < -0.3 is 14.9 Å². The van der Waals surface area contributed by atoms with E-state index in [2.05, 4.69) is 4.90 Å². The van der Waals surface area contributed by atoms with Crippen molar-refractivity contribution in [2.75, 3.05) is 19.7 Å². The number of fused-ring (bicyclic) bond motifs is 1. The first-order valence-corrected chi connectivity index (χ1v) is 7.69. The van der Waals surface area contributed by atoms with E-state index >= 15 is 0 Å². The highest BCUT2D eigenvalue weighted by molar-refractivity contribution is 5.80. The third-order valence-corrected chi connectivity index (χ3v) is 5.02. The summed E-state index contributed by atoms with van der Waals surface area (Å²) in [5.74, 6) is -0.715. The van der Waals surface area contributed by atoms with Gasteiger partial charge in [-0.1, -0.05) is 13.8 Å². The molecule has 2 fully saturated rings. The molecule has 2 heterocycles. The topological polar surface area (TPSA) is 70.0 Å². The molecule has 0 aromatic carbocycles. The largest absolute Gasteiger partial charge is 0.463 e. The Kier molecular flexibility index (Phi) is 4.72. The molecule has 2 rings (SSSR count). The highest BCUT2D eigenvalue weighted by Gasteiger charge is 2.46. The van der Waals surface area contributed by atoms with Gasteiger partial charge in [0, 0.05) is 12.0 Å². The van der Waals surface area contributed by atoms with Crippen LogP contribution in [0.15, 0.2) is 0 Å². The first-order valence-electron chi connectivity index (χ1n) is 7.69. The molecule has 0 aliphatic carbocycles. The molecule has 0 bridgehead atoms. The van der Waals surface area contributed by atoms with E-state index in [0.717, 1.165) is 19.5 Å². The molecule has 5 heteroatoms. The molecular formula is C15H27NO4. The predicted molar refractivity (Wildman–Crippen MR) is 75.1 cm³/mol. The summed E-state index contributed by atoms with van der Waals surface area (Å²) in [4.78, 5) is 14.6. The molecule has 0 aromatic rings. The summed E-state index contributed by atoms with van der Waals surface area (Å²) in [5, 5.41) is 20.1. The Labute approximate surface area is 120 Å². The fourth-order valence-electron chi connectivity index (χ4n) is 3.57. The van der Waals surface area contributed by atoms with Gasteiger partial charge in [0.25, 0.3) is 0 Å². The quantitative estimate of drug-likeness (QED) is 0.731. The standard InChI is InChI=1S/C15H27NO4/c1-10(2)15(19,11(3)17)14(18)20-9-12-6-8-16-7-4-5-13(12)16/h10-13,17,19H,4-9H2,1-3H3/t11-,12?,13-,15-/m0/s1. The second-order valence-electron chi connectivity index (χ2n) is 6.55. The maximum atomic E-state index is 12.2. The van der Waals surface area contributed by atoms with E-state index in [0.29, 0.717) is 18.6 Å². The van der Waals surface area contributed by atoms with Crippen LogP contribution in [0.25, 0.3) is 0 Å². The lowest BCUT2D eigenvalue weighted by atomic mass is 9.85. The summed E-state index contributed by atoms with van der Waals surface area (Å²) in [7, 11) is 0. The second-order valence-corrected chi connectivity index (χ2v) is 6.55. The number of hydrogen-bond acceptors (Lipinski definition) is 5. The van der Waals surface area contributed by atoms with Crippen LogP contribution >= 0.6 is 0 Å². The fourth-order valence-corrected chi connectivity index (χ4v) is 3.57. The Morgan fingerprint density at radius 1 is 1.35 bits per heavy atom. The van der Waals surface area contributed by atoms with Crippen molar-refractivity contribution in [1.82, 2.24) is 4.90 Å². The average molecular weight is 285 g/mol. The van der Waals surface area contributed by atoms with Crippen LogP contribution < -0.4 is 0 Å². The van der Waals surface area contributed by atoms with E-state index in [4.69, 9.17) is 4.74 Å². The molecule has 2 aliphatic rings. The van der Waals surface area contributed by atoms with Gasteiger partial charge in [-0.3, -0.25) is 4.90 Å². The Balaban J connectivity index is 1.91. The highest BCUT2D eigenvalue weighted by Crippen LogP contribution is 2.33. The smallest absolute Gasteiger partial charge is 0.341 e. The minimum Gasteiger partial charge on any atom is -0.463 e. The van der Waals surface area contributed by atoms with Crippen LogP contribution in [0, 0.1) is 11.8 Å². The summed E-state index contributed by atoms with van der Waals surface area (Å²) < 4.78 is 5.35. The van der Waals surface area contributed by atoms with Crippen molar-refractivity contribution in [1.29, 1.82) is 0 Å². The molecule has 1 unspecified atom stereocenters. The monoisotopic (exact) mass is 285 g/mol. The molecule has 2 N–H and O–H groups in total. The van der Waals surface area contributed by atoms with Crippen LogP contribution in [0.4, 0.5) is 0 Å². The molecule has 116 valence electrons. The number of carbonyl (C=O) groups excluding carboxylic acids is 1. The Hall–Kier alpha value is -0.650. The Morgan fingerprint density at radius 3 is 2.65 bits per heavy atom. The summed E-state index contributed by atoms with van der Waals surface area (Å²) in [6.07, 6.45) is 2.31. The van der Waals surface area contributed by atoms with Gasteiger partial charge in [0.05, 0.1) is 12.7 Å². The molecule has 0 saturated carbocycles. The predicted octanol–water partition coefficient (Wildman–Crippen LogP) is 0.782. The second kappa shape index (κ2) is 6.00. The van der Waals surface area contributed by atoms with E-state index in [1.54, 1.807) is 13.8 Å². The third kappa shape index (κ3) is 2.71. The fraction of sp³-hybridized carbons (Fsp3) is 0.933. The zero-order chi connectivity index (χ0) is 14.9. The van der Waals surface area contributed by atoms with Crippen LogP contribution in [0.5, 0.6) is 0 Å². The molecule has 2 aliphatic heterocycles. The van der Waals surface area contributed by atoms with E-state index in [1.807, 2.05) is 0 Å². The van der Waals surface area contributed by atoms with Crippen molar-refractivity contribution in [2.24, 2.45) is 11.8 Å². The van der Waals surface area contributed by atoms with E-state index < -0.39 is 17.7 Å². The van der Waals surface area contributed by atoms with Gasteiger partial charge in [0.2, 0.25) is 0 Å². The zero-order valence-electron chi connectivity index (χ0n) is 12.7. The molecule has 0 radical (unpaired) electrons. The van der Waals surface area contributed by atoms with E-state index in [1.165, 1.54) is 19.8 Å². The van der Waals surface area contributed by atoms with Crippen LogP contribution in [-0.4, -0.2) is 58.5 Å². The number of aliphatic hydroxyl groups is 2. The van der Waals surface area contributed by atoms with Gasteiger partial charge >= 0.3 is 5.97 Å². The average Bonchev–Trinajstić information content (AvgIpc) is 2.97. The lowest BCUT2D eigenvalue weighted by molar-refractivity contribution is -0.186. The van der Waals surface area contributed by atoms with Gasteiger partial charge in [-0.2, -0.15) is 0 Å². The molecular weight excluding hydrogens is 258 g/mol. The first kappa shape index (κ1) is 15.7. The number of ether oxygens (including phenoxy) is 1. The van der Waals surface area contributed by atoms with Gasteiger partial charge in [0.15, 0.2) is 5.60 Å². The molecule has 4 atom stereocenters. The molecule has 20 heavy (non-hydrogen) atoms. The van der Waals surface area contributed by atoms with Crippen molar-refractivity contribution < 1.29 is 19.7 Å². The van der Waals surface area contributed by atoms with Crippen LogP contribution in [0.1, 0.15) is 40.0 Å². The van der Waals surface area contributed by atoms with Gasteiger partial charge in [0.1, 0.15) is 0 Å². The zero-order valence-corrected chi connectivity index (χ0v) is 12.7. The summed E-state index contributed by atoms with van der Waals surface area (Å²) in [6.45, 7) is 7.43. The molecule has 5 nitrogen and oxygen atoms in total. The number of hydrogen-bond donors (Lipinski definition) is 2. The lowest BCUT2D eigenvalue weighted by Gasteiger charge is -2.33. The number of carbonyl (C=O) groups is 1. The summed E-state index contributed by atoms with van der Waals surface area (Å²) in [6, 6.07) is 0.529. The van der Waals surface area contributed by atoms with Gasteiger partial charge in [-0.15, -0.1) is 0 Å². The van der Waals surface area contributed by atoms with Gasteiger partial charge in [-0.05, 0) is 45.2 Å². The normalized spacial score (nSPS) is 31.1. The lowest BCUT2D eigenvalue weighted by Crippen LogP contribution is -2.53. The van der Waals surface area contributed by atoms with Crippen molar-refractivity contribution in [3.63, 3.8) is 0 Å². The highest BCUT2D eigenvalue weighted by atomic mass is 16.6. The Bertz CT molecular complexity index is 348. The third-order valence-electron chi connectivity index (χ3n) is 5.02. The maximum absolute atomic E-state index is 12.2. The molecule has 2 saturated heterocycles. The SMILES string of the molecule is CC(C)[C@@](O)(C(=O)OCC1CCN2CCC[C@@H]12)[C@H](C)O. The summed E-state index contributed by atoms with van der Waals surface area (Å²) in [5.41, 5.74) is -1.81. The van der Waals surface area contributed by atoms with Crippen molar-refractivity contribution in [3.05, 3.63) is 0 Å². The minimum atomic E-state index is -1.81. The van der Waals surface area contributed by atoms with E-state index in [9.17, 15) is 15.0 Å². The first-order chi connectivity index (χ1) is 9.37. The maximum Gasteiger partial charge on any atom is 0.341 e. The van der Waals surface area contributed by atoms with Crippen LogP contribution in [-0.2, 0) is 9.53 Å². The van der Waals surface area contributed by atoms with Crippen LogP contribution in [0.3, 0.4) is 0 Å². The minimum absolute atomic E-state index is 0.349. The molecule has 0 amide bonds. The molecule has 0 aromatic heterocycles. The summed E-state index contributed by atoms with van der Waals surface area (Å²) >= 11 is 0. The number of esters is 1. The molecule has 0 spiro atoms. The Morgan fingerprint density at radius 2 is 2.05 bits per heavy atom. The van der Waals surface area contributed by atoms with Gasteiger partial charge in [-0.25, -0.2) is 4.79 Å². The number of rotatable bonds is 5. The van der Waals surface area contributed by atoms with Crippen molar-refractivity contribution >= 4 is 5.97 Å². The van der Waals surface area contributed by atoms with Crippen molar-refractivity contribution in [3.8, 4) is 0 Å². The van der Waals surface area contributed by atoms with E-state index in [-0.39, 0.29) is 5.92 Å². The number of aliphatic hydroxyl groups excluding tert-OH is 1. The van der Waals surface area contributed by atoms with Crippen LogP contribution in [0.2, 0.25) is 0 Å².